The van der Waals surface area contributed by atoms with Crippen LogP contribution in [0.4, 0.5) is 4.39 Å². The fraction of sp³-hybridized carbons (Fsp3) is 0.381. The standard InChI is InChI=1S/C21H24FNO2/c22-19-8-4-7-17(13-19)15-21(25)23-11-9-18(10-12-23)20(24)14-16-5-2-1-3-6-16/h1-8,13,18,20,24H,9-12,14-15H2. The van der Waals surface area contributed by atoms with E-state index >= 15 is 0 Å². The first-order valence-corrected chi connectivity index (χ1v) is 8.86. The molecule has 2 aromatic carbocycles. The molecule has 1 amide bonds. The lowest BCUT2D eigenvalue weighted by Gasteiger charge is -2.34. The van der Waals surface area contributed by atoms with Crippen molar-refractivity contribution in [3.63, 3.8) is 0 Å². The van der Waals surface area contributed by atoms with E-state index in [1.165, 1.54) is 12.1 Å². The van der Waals surface area contributed by atoms with Crippen molar-refractivity contribution < 1.29 is 14.3 Å². The Labute approximate surface area is 148 Å². The molecule has 0 bridgehead atoms. The van der Waals surface area contributed by atoms with Gasteiger partial charge in [-0.3, -0.25) is 4.79 Å². The number of aliphatic hydroxyl groups is 1. The fourth-order valence-corrected chi connectivity index (χ4v) is 3.49. The second-order valence-electron chi connectivity index (χ2n) is 6.78. The van der Waals surface area contributed by atoms with Crippen LogP contribution in [0.3, 0.4) is 0 Å². The molecule has 4 heteroatoms. The van der Waals surface area contributed by atoms with Crippen LogP contribution in [0.5, 0.6) is 0 Å². The summed E-state index contributed by atoms with van der Waals surface area (Å²) in [6.07, 6.45) is 2.13. The average molecular weight is 341 g/mol. The molecule has 1 aliphatic rings. The van der Waals surface area contributed by atoms with Gasteiger partial charge in [0, 0.05) is 13.1 Å². The number of likely N-dealkylation sites (tertiary alicyclic amines) is 1. The Morgan fingerprint density at radius 1 is 1.08 bits per heavy atom. The normalized spacial score (nSPS) is 16.6. The average Bonchev–Trinajstić information content (AvgIpc) is 2.62. The Morgan fingerprint density at radius 2 is 1.76 bits per heavy atom. The number of amides is 1. The summed E-state index contributed by atoms with van der Waals surface area (Å²) in [4.78, 5) is 14.2. The molecule has 3 rings (SSSR count). The minimum atomic E-state index is -0.372. The molecule has 3 nitrogen and oxygen atoms in total. The molecule has 0 aromatic heterocycles. The predicted molar refractivity (Wildman–Crippen MR) is 95.6 cm³/mol. The van der Waals surface area contributed by atoms with E-state index in [-0.39, 0.29) is 30.2 Å². The van der Waals surface area contributed by atoms with E-state index in [4.69, 9.17) is 0 Å². The topological polar surface area (TPSA) is 40.5 Å². The highest BCUT2D eigenvalue weighted by Gasteiger charge is 2.27. The first-order valence-electron chi connectivity index (χ1n) is 8.86. The zero-order chi connectivity index (χ0) is 17.6. The van der Waals surface area contributed by atoms with Gasteiger partial charge in [0.05, 0.1) is 12.5 Å². The van der Waals surface area contributed by atoms with Gasteiger partial charge in [0.25, 0.3) is 0 Å². The number of carbonyl (C=O) groups excluding carboxylic acids is 1. The fourth-order valence-electron chi connectivity index (χ4n) is 3.49. The van der Waals surface area contributed by atoms with Crippen molar-refractivity contribution >= 4 is 5.91 Å². The van der Waals surface area contributed by atoms with Crippen LogP contribution in [0.1, 0.15) is 24.0 Å². The number of nitrogens with zero attached hydrogens (tertiary/aromatic N) is 1. The van der Waals surface area contributed by atoms with Gasteiger partial charge in [-0.1, -0.05) is 42.5 Å². The van der Waals surface area contributed by atoms with Crippen molar-refractivity contribution in [3.05, 3.63) is 71.5 Å². The zero-order valence-electron chi connectivity index (χ0n) is 14.3. The molecular weight excluding hydrogens is 317 g/mol. The van der Waals surface area contributed by atoms with Crippen molar-refractivity contribution in [1.29, 1.82) is 0 Å². The molecule has 1 unspecified atom stereocenters. The highest BCUT2D eigenvalue weighted by atomic mass is 19.1. The molecule has 1 atom stereocenters. The maximum atomic E-state index is 13.2. The van der Waals surface area contributed by atoms with Crippen LogP contribution in [0.15, 0.2) is 54.6 Å². The van der Waals surface area contributed by atoms with Crippen LogP contribution in [-0.4, -0.2) is 35.1 Å². The van der Waals surface area contributed by atoms with Crippen LogP contribution >= 0.6 is 0 Å². The summed E-state index contributed by atoms with van der Waals surface area (Å²) in [6, 6.07) is 16.2. The van der Waals surface area contributed by atoms with E-state index < -0.39 is 0 Å². The number of piperidine rings is 1. The van der Waals surface area contributed by atoms with E-state index in [1.54, 1.807) is 12.1 Å². The molecule has 25 heavy (non-hydrogen) atoms. The third kappa shape index (κ3) is 4.89. The molecule has 1 heterocycles. The molecule has 1 aliphatic heterocycles. The van der Waals surface area contributed by atoms with Crippen molar-refractivity contribution in [2.24, 2.45) is 5.92 Å². The number of rotatable bonds is 5. The molecule has 2 aromatic rings. The number of benzene rings is 2. The van der Waals surface area contributed by atoms with Gasteiger partial charge in [0.1, 0.15) is 5.82 Å². The highest BCUT2D eigenvalue weighted by molar-refractivity contribution is 5.78. The van der Waals surface area contributed by atoms with E-state index in [1.807, 2.05) is 35.2 Å². The Kier molecular flexibility index (Phi) is 5.82. The number of halogens is 1. The Morgan fingerprint density at radius 3 is 2.44 bits per heavy atom. The Balaban J connectivity index is 1.48. The molecule has 0 aliphatic carbocycles. The van der Waals surface area contributed by atoms with Crippen LogP contribution in [0.25, 0.3) is 0 Å². The van der Waals surface area contributed by atoms with Crippen LogP contribution in [0, 0.1) is 11.7 Å². The molecule has 0 spiro atoms. The molecule has 0 saturated carbocycles. The van der Waals surface area contributed by atoms with Crippen LogP contribution < -0.4 is 0 Å². The SMILES string of the molecule is O=C(Cc1cccc(F)c1)N1CCC(C(O)Cc2ccccc2)CC1. The largest absolute Gasteiger partial charge is 0.392 e. The van der Waals surface area contributed by atoms with E-state index in [0.717, 1.165) is 18.4 Å². The van der Waals surface area contributed by atoms with Gasteiger partial charge >= 0.3 is 0 Å². The van der Waals surface area contributed by atoms with Gasteiger partial charge in [-0.15, -0.1) is 0 Å². The number of hydrogen-bond acceptors (Lipinski definition) is 2. The lowest BCUT2D eigenvalue weighted by Crippen LogP contribution is -2.42. The zero-order valence-corrected chi connectivity index (χ0v) is 14.3. The maximum absolute atomic E-state index is 13.2. The van der Waals surface area contributed by atoms with Crippen molar-refractivity contribution in [1.82, 2.24) is 4.90 Å². The smallest absolute Gasteiger partial charge is 0.226 e. The van der Waals surface area contributed by atoms with Gasteiger partial charge in [-0.25, -0.2) is 4.39 Å². The van der Waals surface area contributed by atoms with Gasteiger partial charge in [0.15, 0.2) is 0 Å². The Bertz CT molecular complexity index is 696. The quantitative estimate of drug-likeness (QED) is 0.907. The summed E-state index contributed by atoms with van der Waals surface area (Å²) in [7, 11) is 0. The first kappa shape index (κ1) is 17.6. The minimum Gasteiger partial charge on any atom is -0.392 e. The second-order valence-corrected chi connectivity index (χ2v) is 6.78. The molecule has 1 saturated heterocycles. The summed E-state index contributed by atoms with van der Waals surface area (Å²) in [5.41, 5.74) is 1.84. The molecule has 132 valence electrons. The summed E-state index contributed by atoms with van der Waals surface area (Å²) >= 11 is 0. The second kappa shape index (κ2) is 8.26. The number of carbonyl (C=O) groups is 1. The van der Waals surface area contributed by atoms with Gasteiger partial charge < -0.3 is 10.0 Å². The predicted octanol–water partition coefficient (Wildman–Crippen LogP) is 3.21. The van der Waals surface area contributed by atoms with Gasteiger partial charge in [0.2, 0.25) is 5.91 Å². The van der Waals surface area contributed by atoms with Gasteiger partial charge in [-0.2, -0.15) is 0 Å². The van der Waals surface area contributed by atoms with Crippen molar-refractivity contribution in [3.8, 4) is 0 Å². The van der Waals surface area contributed by atoms with E-state index in [0.29, 0.717) is 25.1 Å². The van der Waals surface area contributed by atoms with Gasteiger partial charge in [-0.05, 0) is 48.4 Å². The summed E-state index contributed by atoms with van der Waals surface area (Å²) in [6.45, 7) is 1.31. The van der Waals surface area contributed by atoms with E-state index in [2.05, 4.69) is 0 Å². The molecule has 0 radical (unpaired) electrons. The highest BCUT2D eigenvalue weighted by Crippen LogP contribution is 2.23. The van der Waals surface area contributed by atoms with E-state index in [9.17, 15) is 14.3 Å². The third-order valence-electron chi connectivity index (χ3n) is 4.97. The number of aliphatic hydroxyl groups excluding tert-OH is 1. The Hall–Kier alpha value is -2.20. The van der Waals surface area contributed by atoms with Crippen molar-refractivity contribution in [2.45, 2.75) is 31.8 Å². The molecular formula is C21H24FNO2. The van der Waals surface area contributed by atoms with Crippen LogP contribution in [0.2, 0.25) is 0 Å². The lowest BCUT2D eigenvalue weighted by molar-refractivity contribution is -0.132. The summed E-state index contributed by atoms with van der Waals surface area (Å²) in [5, 5.41) is 10.5. The number of hydrogen-bond donors (Lipinski definition) is 1. The molecule has 1 fully saturated rings. The van der Waals surface area contributed by atoms with Crippen molar-refractivity contribution in [2.75, 3.05) is 13.1 Å². The molecule has 1 N–H and O–H groups in total. The third-order valence-corrected chi connectivity index (χ3v) is 4.97. The summed E-state index contributed by atoms with van der Waals surface area (Å²) in [5.74, 6) is -0.0620. The lowest BCUT2D eigenvalue weighted by atomic mass is 9.88. The minimum absolute atomic E-state index is 0.0293. The van der Waals surface area contributed by atoms with Crippen LogP contribution in [-0.2, 0) is 17.6 Å². The monoisotopic (exact) mass is 341 g/mol. The first-order chi connectivity index (χ1) is 12.1. The maximum Gasteiger partial charge on any atom is 0.226 e. The summed E-state index contributed by atoms with van der Waals surface area (Å²) < 4.78 is 13.2.